The van der Waals surface area contributed by atoms with Gasteiger partial charge in [-0.3, -0.25) is 9.89 Å². The van der Waals surface area contributed by atoms with E-state index in [4.69, 9.17) is 4.74 Å². The third kappa shape index (κ3) is 2.34. The molecule has 1 amide bonds. The lowest BCUT2D eigenvalue weighted by Gasteiger charge is -2.25. The highest BCUT2D eigenvalue weighted by Gasteiger charge is 2.34. The van der Waals surface area contributed by atoms with Crippen LogP contribution in [0.25, 0.3) is 0 Å². The summed E-state index contributed by atoms with van der Waals surface area (Å²) in [5.74, 6) is 0.339. The Morgan fingerprint density at radius 2 is 2.27 bits per heavy atom. The highest BCUT2D eigenvalue weighted by molar-refractivity contribution is 5.96. The Morgan fingerprint density at radius 1 is 1.45 bits per heavy atom. The normalized spacial score (nSPS) is 17.8. The molecular weight excluding hydrogens is 280 g/mol. The lowest BCUT2D eigenvalue weighted by molar-refractivity contribution is 0.0731. The first-order chi connectivity index (χ1) is 10.6. The fourth-order valence-electron chi connectivity index (χ4n) is 3.23. The molecule has 2 aromatic heterocycles. The lowest BCUT2D eigenvalue weighted by Crippen LogP contribution is -2.31. The molecule has 0 spiro atoms. The van der Waals surface area contributed by atoms with Gasteiger partial charge in [-0.25, -0.2) is 4.98 Å². The molecule has 0 saturated carbocycles. The largest absolute Gasteiger partial charge is 0.480 e. The van der Waals surface area contributed by atoms with Crippen LogP contribution in [-0.2, 0) is 0 Å². The topological polar surface area (TPSA) is 71.1 Å². The molecule has 1 fully saturated rings. The predicted molar refractivity (Wildman–Crippen MR) is 81.9 cm³/mol. The average molecular weight is 300 g/mol. The highest BCUT2D eigenvalue weighted by atomic mass is 16.5. The van der Waals surface area contributed by atoms with E-state index in [9.17, 15) is 4.79 Å². The Hall–Kier alpha value is -2.37. The molecule has 3 rings (SSSR count). The van der Waals surface area contributed by atoms with E-state index in [1.807, 2.05) is 18.7 Å². The number of nitrogens with zero attached hydrogens (tertiary/aromatic N) is 3. The molecule has 116 valence electrons. The number of hydrogen-bond acceptors (Lipinski definition) is 4. The zero-order valence-corrected chi connectivity index (χ0v) is 13.1. The summed E-state index contributed by atoms with van der Waals surface area (Å²) in [7, 11) is 1.53. The van der Waals surface area contributed by atoms with Crippen LogP contribution < -0.4 is 4.74 Å². The van der Waals surface area contributed by atoms with E-state index in [0.29, 0.717) is 11.4 Å². The maximum atomic E-state index is 12.9. The van der Waals surface area contributed by atoms with Gasteiger partial charge in [0.1, 0.15) is 5.56 Å². The zero-order valence-electron chi connectivity index (χ0n) is 13.1. The molecule has 22 heavy (non-hydrogen) atoms. The summed E-state index contributed by atoms with van der Waals surface area (Å²) >= 11 is 0. The van der Waals surface area contributed by atoms with Crippen LogP contribution in [0.4, 0.5) is 0 Å². The number of carbonyl (C=O) groups is 1. The van der Waals surface area contributed by atoms with Gasteiger partial charge in [0.05, 0.1) is 18.8 Å². The van der Waals surface area contributed by atoms with E-state index in [2.05, 4.69) is 15.2 Å². The van der Waals surface area contributed by atoms with Gasteiger partial charge in [0.15, 0.2) is 0 Å². The second-order valence-corrected chi connectivity index (χ2v) is 5.56. The van der Waals surface area contributed by atoms with Crippen molar-refractivity contribution in [1.29, 1.82) is 0 Å². The van der Waals surface area contributed by atoms with Gasteiger partial charge in [-0.15, -0.1) is 0 Å². The molecule has 6 nitrogen and oxygen atoms in total. The molecule has 0 unspecified atom stereocenters. The summed E-state index contributed by atoms with van der Waals surface area (Å²) in [6, 6.07) is 3.59. The Labute approximate surface area is 129 Å². The van der Waals surface area contributed by atoms with E-state index in [0.717, 1.165) is 36.3 Å². The number of aromatic nitrogens is 3. The number of carbonyl (C=O) groups excluding carboxylic acids is 1. The molecule has 2 aromatic rings. The quantitative estimate of drug-likeness (QED) is 0.945. The molecule has 0 radical (unpaired) electrons. The fraction of sp³-hybridized carbons (Fsp3) is 0.438. The molecule has 6 heteroatoms. The van der Waals surface area contributed by atoms with E-state index in [1.165, 1.54) is 7.11 Å². The van der Waals surface area contributed by atoms with Crippen LogP contribution in [0.3, 0.4) is 0 Å². The number of amides is 1. The third-order valence-electron chi connectivity index (χ3n) is 4.23. The zero-order chi connectivity index (χ0) is 15.7. The van der Waals surface area contributed by atoms with Crippen LogP contribution in [0.15, 0.2) is 18.3 Å². The van der Waals surface area contributed by atoms with Crippen molar-refractivity contribution in [3.63, 3.8) is 0 Å². The van der Waals surface area contributed by atoms with Crippen LogP contribution in [-0.4, -0.2) is 39.6 Å². The minimum atomic E-state index is -0.0348. The summed E-state index contributed by atoms with van der Waals surface area (Å²) in [6.45, 7) is 4.72. The van der Waals surface area contributed by atoms with Crippen LogP contribution >= 0.6 is 0 Å². The van der Waals surface area contributed by atoms with Crippen LogP contribution in [0.2, 0.25) is 0 Å². The fourth-order valence-corrected chi connectivity index (χ4v) is 3.23. The minimum absolute atomic E-state index is 0.0348. The molecular formula is C16H20N4O2. The van der Waals surface area contributed by atoms with E-state index >= 15 is 0 Å². The maximum absolute atomic E-state index is 12.9. The number of methoxy groups -OCH3 is 1. The summed E-state index contributed by atoms with van der Waals surface area (Å²) in [6.07, 6.45) is 3.57. The first-order valence-corrected chi connectivity index (χ1v) is 7.45. The number of ether oxygens (including phenoxy) is 1. The standard InChI is InChI=1S/C16H20N4O2/c1-10-14(11(2)19-18-10)13-7-5-9-20(13)16(21)12-6-4-8-17-15(12)22-3/h4,6,8,13H,5,7,9H2,1-3H3,(H,18,19)/t13-/m0/s1. The molecule has 3 heterocycles. The van der Waals surface area contributed by atoms with Gasteiger partial charge in [-0.2, -0.15) is 5.10 Å². The van der Waals surface area contributed by atoms with Crippen molar-refractivity contribution in [3.8, 4) is 5.88 Å². The second-order valence-electron chi connectivity index (χ2n) is 5.56. The smallest absolute Gasteiger partial charge is 0.259 e. The van der Waals surface area contributed by atoms with Crippen molar-refractivity contribution in [2.75, 3.05) is 13.7 Å². The molecule has 1 atom stereocenters. The van der Waals surface area contributed by atoms with Crippen molar-refractivity contribution in [3.05, 3.63) is 40.8 Å². The summed E-state index contributed by atoms with van der Waals surface area (Å²) in [5.41, 5.74) is 3.63. The van der Waals surface area contributed by atoms with E-state index < -0.39 is 0 Å². The number of hydrogen-bond donors (Lipinski definition) is 1. The summed E-state index contributed by atoms with van der Waals surface area (Å²) in [5, 5.41) is 7.27. The molecule has 1 aliphatic rings. The third-order valence-corrected chi connectivity index (χ3v) is 4.23. The van der Waals surface area contributed by atoms with Gasteiger partial charge in [0.2, 0.25) is 5.88 Å². The van der Waals surface area contributed by atoms with Crippen molar-refractivity contribution >= 4 is 5.91 Å². The lowest BCUT2D eigenvalue weighted by atomic mass is 10.0. The van der Waals surface area contributed by atoms with Gasteiger partial charge in [0, 0.05) is 24.0 Å². The number of H-pyrrole nitrogens is 1. The number of aryl methyl sites for hydroxylation is 2. The Morgan fingerprint density at radius 3 is 2.95 bits per heavy atom. The molecule has 1 aliphatic heterocycles. The van der Waals surface area contributed by atoms with Crippen molar-refractivity contribution in [1.82, 2.24) is 20.1 Å². The Bertz CT molecular complexity index is 676. The molecule has 1 N–H and O–H groups in total. The van der Waals surface area contributed by atoms with Gasteiger partial charge in [0.25, 0.3) is 5.91 Å². The Balaban J connectivity index is 1.95. The molecule has 1 saturated heterocycles. The summed E-state index contributed by atoms with van der Waals surface area (Å²) in [4.78, 5) is 19.0. The van der Waals surface area contributed by atoms with Gasteiger partial charge < -0.3 is 9.64 Å². The predicted octanol–water partition coefficient (Wildman–Crippen LogP) is 2.41. The van der Waals surface area contributed by atoms with Crippen LogP contribution in [0, 0.1) is 13.8 Å². The van der Waals surface area contributed by atoms with Crippen molar-refractivity contribution < 1.29 is 9.53 Å². The van der Waals surface area contributed by atoms with Gasteiger partial charge in [-0.1, -0.05) is 0 Å². The first kappa shape index (κ1) is 14.6. The second kappa shape index (κ2) is 5.79. The van der Waals surface area contributed by atoms with Gasteiger partial charge >= 0.3 is 0 Å². The SMILES string of the molecule is COc1ncccc1C(=O)N1CCC[C@H]1c1c(C)n[nH]c1C. The molecule has 0 aromatic carbocycles. The number of pyridine rings is 1. The Kier molecular flexibility index (Phi) is 3.83. The summed E-state index contributed by atoms with van der Waals surface area (Å²) < 4.78 is 5.22. The van der Waals surface area contributed by atoms with E-state index in [1.54, 1.807) is 18.3 Å². The van der Waals surface area contributed by atoms with E-state index in [-0.39, 0.29) is 11.9 Å². The van der Waals surface area contributed by atoms with Crippen molar-refractivity contribution in [2.45, 2.75) is 32.7 Å². The van der Waals surface area contributed by atoms with Crippen LogP contribution in [0.5, 0.6) is 5.88 Å². The highest BCUT2D eigenvalue weighted by Crippen LogP contribution is 2.36. The number of nitrogens with one attached hydrogen (secondary N) is 1. The average Bonchev–Trinajstić information content (AvgIpc) is 3.13. The molecule has 0 aliphatic carbocycles. The monoisotopic (exact) mass is 300 g/mol. The number of aromatic amines is 1. The maximum Gasteiger partial charge on any atom is 0.259 e. The van der Waals surface area contributed by atoms with Gasteiger partial charge in [-0.05, 0) is 38.8 Å². The number of rotatable bonds is 3. The van der Waals surface area contributed by atoms with Crippen molar-refractivity contribution in [2.24, 2.45) is 0 Å². The minimum Gasteiger partial charge on any atom is -0.480 e. The van der Waals surface area contributed by atoms with Crippen LogP contribution in [0.1, 0.15) is 46.2 Å². The first-order valence-electron chi connectivity index (χ1n) is 7.45. The molecule has 0 bridgehead atoms. The number of likely N-dealkylation sites (tertiary alicyclic amines) is 1.